The largest absolute Gasteiger partial charge is 0.382 e. The average molecular weight is 588 g/mol. The zero-order chi connectivity index (χ0) is 28.9. The van der Waals surface area contributed by atoms with Crippen LogP contribution in [0, 0.1) is 11.8 Å². The molecule has 0 radical (unpaired) electrons. The summed E-state index contributed by atoms with van der Waals surface area (Å²) < 4.78 is 0. The van der Waals surface area contributed by atoms with Crippen molar-refractivity contribution in [3.63, 3.8) is 0 Å². The van der Waals surface area contributed by atoms with E-state index in [1.165, 1.54) is 37.0 Å². The zero-order valence-electron chi connectivity index (χ0n) is 25.0. The number of carbonyl (C=O) groups is 1. The van der Waals surface area contributed by atoms with Gasteiger partial charge in [-0.1, -0.05) is 0 Å². The second-order valence-corrected chi connectivity index (χ2v) is 13.3. The standard InChI is InChI=1S/C33H45N7OS/c1-23(2)39-19-11-27(12-20-39)36-28-3-4-31(40-17-9-25(10-18-40)24-5-13-34-14-6-24)29(21-28)37-32(41)30-22-42-33(38-30)26-7-15-35-16-8-26/h3-4,7-8,15-16,21-25,27,34,36H,5-6,9-14,17-20H2,1-2H3,(H,37,41). The number of hydrogen-bond acceptors (Lipinski definition) is 8. The Morgan fingerprint density at radius 3 is 2.38 bits per heavy atom. The first-order valence-corrected chi connectivity index (χ1v) is 16.7. The Kier molecular flexibility index (Phi) is 9.37. The number of hydrogen-bond donors (Lipinski definition) is 3. The second kappa shape index (κ2) is 13.5. The fourth-order valence-electron chi connectivity index (χ4n) is 6.92. The van der Waals surface area contributed by atoms with Crippen molar-refractivity contribution >= 4 is 34.3 Å². The zero-order valence-corrected chi connectivity index (χ0v) is 25.8. The van der Waals surface area contributed by atoms with E-state index in [4.69, 9.17) is 0 Å². The van der Waals surface area contributed by atoms with Gasteiger partial charge < -0.3 is 25.8 Å². The number of carbonyl (C=O) groups excluding carboxylic acids is 1. The fourth-order valence-corrected chi connectivity index (χ4v) is 7.72. The van der Waals surface area contributed by atoms with Gasteiger partial charge in [-0.2, -0.15) is 0 Å². The third kappa shape index (κ3) is 6.96. The maximum atomic E-state index is 13.5. The number of pyridine rings is 1. The lowest BCUT2D eigenvalue weighted by Gasteiger charge is -2.39. The number of amides is 1. The third-order valence-corrected chi connectivity index (χ3v) is 10.4. The number of likely N-dealkylation sites (tertiary alicyclic amines) is 1. The maximum Gasteiger partial charge on any atom is 0.275 e. The highest BCUT2D eigenvalue weighted by molar-refractivity contribution is 7.13. The van der Waals surface area contributed by atoms with E-state index >= 15 is 0 Å². The van der Waals surface area contributed by atoms with Gasteiger partial charge in [0.1, 0.15) is 10.7 Å². The third-order valence-electron chi connectivity index (χ3n) is 9.47. The number of nitrogens with zero attached hydrogens (tertiary/aromatic N) is 4. The number of anilines is 3. The molecule has 3 N–H and O–H groups in total. The lowest BCUT2D eigenvalue weighted by atomic mass is 9.79. The molecule has 0 saturated carbocycles. The molecule has 0 spiro atoms. The lowest BCUT2D eigenvalue weighted by molar-refractivity contribution is 0.102. The van der Waals surface area contributed by atoms with Gasteiger partial charge in [-0.15, -0.1) is 11.3 Å². The van der Waals surface area contributed by atoms with Crippen LogP contribution in [0.1, 0.15) is 62.9 Å². The van der Waals surface area contributed by atoms with Crippen molar-refractivity contribution in [2.45, 2.75) is 64.5 Å². The summed E-state index contributed by atoms with van der Waals surface area (Å²) in [6.07, 6.45) is 10.8. The van der Waals surface area contributed by atoms with E-state index in [-0.39, 0.29) is 5.91 Å². The van der Waals surface area contributed by atoms with Gasteiger partial charge in [0, 0.05) is 67.3 Å². The van der Waals surface area contributed by atoms with Crippen LogP contribution in [-0.2, 0) is 0 Å². The maximum absolute atomic E-state index is 13.5. The van der Waals surface area contributed by atoms with Gasteiger partial charge in [-0.05, 0) is 108 Å². The summed E-state index contributed by atoms with van der Waals surface area (Å²) in [6, 6.07) is 11.4. The van der Waals surface area contributed by atoms with E-state index in [2.05, 4.69) is 67.8 Å². The molecule has 2 aromatic heterocycles. The first-order valence-electron chi connectivity index (χ1n) is 15.8. The molecule has 9 heteroatoms. The molecule has 3 fully saturated rings. The highest BCUT2D eigenvalue weighted by Crippen LogP contribution is 2.37. The van der Waals surface area contributed by atoms with Crippen LogP contribution in [-0.4, -0.2) is 72.1 Å². The van der Waals surface area contributed by atoms with Crippen LogP contribution >= 0.6 is 11.3 Å². The van der Waals surface area contributed by atoms with E-state index in [9.17, 15) is 4.79 Å². The molecule has 42 heavy (non-hydrogen) atoms. The van der Waals surface area contributed by atoms with Crippen molar-refractivity contribution in [2.24, 2.45) is 11.8 Å². The Hall–Kier alpha value is -3.01. The fraction of sp³-hybridized carbons (Fsp3) is 0.545. The molecule has 3 aliphatic rings. The SMILES string of the molecule is CC(C)N1CCC(Nc2ccc(N3CCC(C4CCNCC4)CC3)c(NC(=O)c3csc(-c4ccncc4)n3)c2)CC1. The minimum Gasteiger partial charge on any atom is -0.382 e. The Morgan fingerprint density at radius 2 is 1.67 bits per heavy atom. The number of thiazole rings is 1. The topological polar surface area (TPSA) is 85.4 Å². The molecule has 0 unspecified atom stereocenters. The van der Waals surface area contributed by atoms with Gasteiger partial charge in [0.25, 0.3) is 5.91 Å². The molecule has 1 aromatic carbocycles. The molecule has 3 saturated heterocycles. The van der Waals surface area contributed by atoms with Crippen LogP contribution in [0.2, 0.25) is 0 Å². The van der Waals surface area contributed by atoms with Crippen molar-refractivity contribution in [1.29, 1.82) is 0 Å². The molecule has 224 valence electrons. The minimum atomic E-state index is -0.167. The summed E-state index contributed by atoms with van der Waals surface area (Å²) in [6.45, 7) is 11.2. The van der Waals surface area contributed by atoms with Gasteiger partial charge in [0.2, 0.25) is 0 Å². The molecule has 6 rings (SSSR count). The van der Waals surface area contributed by atoms with Crippen LogP contribution in [0.5, 0.6) is 0 Å². The first-order chi connectivity index (χ1) is 20.5. The number of piperidine rings is 3. The minimum absolute atomic E-state index is 0.167. The monoisotopic (exact) mass is 587 g/mol. The van der Waals surface area contributed by atoms with E-state index in [1.807, 2.05) is 17.5 Å². The van der Waals surface area contributed by atoms with Crippen molar-refractivity contribution in [3.05, 3.63) is 53.8 Å². The number of aromatic nitrogens is 2. The Bertz CT molecular complexity index is 1310. The number of nitrogens with one attached hydrogen (secondary N) is 3. The van der Waals surface area contributed by atoms with Crippen molar-refractivity contribution in [1.82, 2.24) is 20.2 Å². The van der Waals surface area contributed by atoms with Crippen LogP contribution in [0.3, 0.4) is 0 Å². The first kappa shape index (κ1) is 29.1. The molecule has 0 atom stereocenters. The van der Waals surface area contributed by atoms with Crippen LogP contribution in [0.25, 0.3) is 10.6 Å². The van der Waals surface area contributed by atoms with E-state index < -0.39 is 0 Å². The summed E-state index contributed by atoms with van der Waals surface area (Å²) in [5.74, 6) is 1.49. The van der Waals surface area contributed by atoms with Gasteiger partial charge in [0.15, 0.2) is 0 Å². The van der Waals surface area contributed by atoms with Gasteiger partial charge >= 0.3 is 0 Å². The van der Waals surface area contributed by atoms with Crippen LogP contribution in [0.15, 0.2) is 48.1 Å². The number of benzene rings is 1. The predicted molar refractivity (Wildman–Crippen MR) is 174 cm³/mol. The molecule has 3 aromatic rings. The van der Waals surface area contributed by atoms with E-state index in [0.29, 0.717) is 17.8 Å². The molecular formula is C33H45N7OS. The summed E-state index contributed by atoms with van der Waals surface area (Å²) in [4.78, 5) is 27.3. The second-order valence-electron chi connectivity index (χ2n) is 12.4. The number of rotatable bonds is 8. The molecular weight excluding hydrogens is 542 g/mol. The van der Waals surface area contributed by atoms with E-state index in [0.717, 1.165) is 91.6 Å². The van der Waals surface area contributed by atoms with Crippen molar-refractivity contribution in [2.75, 3.05) is 54.8 Å². The van der Waals surface area contributed by atoms with Crippen molar-refractivity contribution in [3.8, 4) is 10.6 Å². The highest BCUT2D eigenvalue weighted by atomic mass is 32.1. The van der Waals surface area contributed by atoms with E-state index in [1.54, 1.807) is 12.4 Å². The Balaban J connectivity index is 1.18. The summed E-state index contributed by atoms with van der Waals surface area (Å²) in [5, 5.41) is 13.2. The summed E-state index contributed by atoms with van der Waals surface area (Å²) in [7, 11) is 0. The molecule has 5 heterocycles. The molecule has 0 bridgehead atoms. The lowest BCUT2D eigenvalue weighted by Crippen LogP contribution is -2.42. The molecule has 1 amide bonds. The normalized spacial score (nSPS) is 19.7. The molecule has 3 aliphatic heterocycles. The Labute approximate surface area is 254 Å². The summed E-state index contributed by atoms with van der Waals surface area (Å²) >= 11 is 1.49. The van der Waals surface area contributed by atoms with Gasteiger partial charge in [-0.3, -0.25) is 9.78 Å². The molecule has 8 nitrogen and oxygen atoms in total. The van der Waals surface area contributed by atoms with Gasteiger partial charge in [0.05, 0.1) is 11.4 Å². The van der Waals surface area contributed by atoms with Gasteiger partial charge in [-0.25, -0.2) is 4.98 Å². The Morgan fingerprint density at radius 1 is 0.952 bits per heavy atom. The highest BCUT2D eigenvalue weighted by Gasteiger charge is 2.29. The molecule has 0 aliphatic carbocycles. The smallest absolute Gasteiger partial charge is 0.275 e. The average Bonchev–Trinajstić information content (AvgIpc) is 3.53. The summed E-state index contributed by atoms with van der Waals surface area (Å²) in [5.41, 5.74) is 4.46. The predicted octanol–water partition coefficient (Wildman–Crippen LogP) is 5.96. The quantitative estimate of drug-likeness (QED) is 0.300. The van der Waals surface area contributed by atoms with Crippen LogP contribution < -0.4 is 20.9 Å². The van der Waals surface area contributed by atoms with Crippen molar-refractivity contribution < 1.29 is 4.79 Å². The van der Waals surface area contributed by atoms with Crippen LogP contribution in [0.4, 0.5) is 17.1 Å².